The predicted molar refractivity (Wildman–Crippen MR) is 137 cm³/mol. The van der Waals surface area contributed by atoms with Gasteiger partial charge in [-0.05, 0) is 63.0 Å². The fourth-order valence-corrected chi connectivity index (χ4v) is 7.05. The molecule has 0 radical (unpaired) electrons. The fourth-order valence-electron chi connectivity index (χ4n) is 5.12. The summed E-state index contributed by atoms with van der Waals surface area (Å²) in [6.07, 6.45) is 1.99. The molecular formula is C26H31FN5O2P. The van der Waals surface area contributed by atoms with Crippen LogP contribution in [-0.2, 0) is 17.0 Å². The number of rotatable bonds is 5. The van der Waals surface area contributed by atoms with Gasteiger partial charge in [-0.3, -0.25) is 9.36 Å². The van der Waals surface area contributed by atoms with Gasteiger partial charge in [0.2, 0.25) is 0 Å². The van der Waals surface area contributed by atoms with Crippen LogP contribution in [0.5, 0.6) is 0 Å². The smallest absolute Gasteiger partial charge is 0.256 e. The number of halogens is 1. The minimum absolute atomic E-state index is 0.196. The van der Waals surface area contributed by atoms with Crippen LogP contribution in [0.1, 0.15) is 61.2 Å². The molecule has 1 saturated heterocycles. The Morgan fingerprint density at radius 1 is 1.23 bits per heavy atom. The highest BCUT2D eigenvalue weighted by molar-refractivity contribution is 7.63. The molecule has 1 aliphatic heterocycles. The second-order valence-corrected chi connectivity index (χ2v) is 13.4. The molecule has 35 heavy (non-hydrogen) atoms. The van der Waals surface area contributed by atoms with Crippen molar-refractivity contribution < 1.29 is 8.96 Å². The summed E-state index contributed by atoms with van der Waals surface area (Å²) < 4.78 is 28.1. The lowest BCUT2D eigenvalue weighted by Crippen LogP contribution is -2.38. The van der Waals surface area contributed by atoms with Gasteiger partial charge in [-0.2, -0.15) is 5.26 Å². The molecule has 1 aromatic carbocycles. The maximum absolute atomic E-state index is 14.1. The maximum atomic E-state index is 14.1. The quantitative estimate of drug-likeness (QED) is 0.477. The number of nitrogens with one attached hydrogen (secondary N) is 1. The van der Waals surface area contributed by atoms with Gasteiger partial charge >= 0.3 is 0 Å². The number of nitrogens with zero attached hydrogens (tertiary/aromatic N) is 4. The molecule has 9 heteroatoms. The molecule has 3 aromatic rings. The fraction of sp³-hybridized carbons (Fsp3) is 0.462. The number of hydrogen-bond donors (Lipinski definition) is 1. The van der Waals surface area contributed by atoms with E-state index in [-0.39, 0.29) is 11.6 Å². The van der Waals surface area contributed by atoms with Crippen LogP contribution in [0.15, 0.2) is 35.4 Å². The highest BCUT2D eigenvalue weighted by Crippen LogP contribution is 2.52. The van der Waals surface area contributed by atoms with Crippen molar-refractivity contribution in [3.63, 3.8) is 0 Å². The molecular weight excluding hydrogens is 464 g/mol. The second kappa shape index (κ2) is 9.20. The van der Waals surface area contributed by atoms with Crippen LogP contribution >= 0.6 is 7.14 Å². The number of aryl methyl sites for hydroxylation is 1. The number of aromatic nitrogens is 3. The molecule has 0 aliphatic carbocycles. The van der Waals surface area contributed by atoms with E-state index in [1.807, 2.05) is 26.0 Å². The minimum Gasteiger partial charge on any atom is -0.363 e. The van der Waals surface area contributed by atoms with Gasteiger partial charge in [0.25, 0.3) is 5.56 Å². The molecule has 1 fully saturated rings. The standard InChI is InChI=1S/C26H31FN5O2P/c1-16-19(17(2)27)7-6-8-20(16)18(3)31-23-21-13-22(25(33)32(4)24(21)30-15-29-23)26(14-28)9-11-35(5,34)12-10-26/h6-8,13,15,17-18H,9-12H2,1-5H3,(H,29,30,31)/t17?,18-,26?,35?/m1/s1. The molecule has 0 saturated carbocycles. The summed E-state index contributed by atoms with van der Waals surface area (Å²) in [5.74, 6) is 0.530. The first-order chi connectivity index (χ1) is 16.5. The van der Waals surface area contributed by atoms with Crippen LogP contribution in [-0.4, -0.2) is 33.5 Å². The third kappa shape index (κ3) is 4.50. The number of nitriles is 1. The summed E-state index contributed by atoms with van der Waals surface area (Å²) in [6.45, 7) is 7.18. The Morgan fingerprint density at radius 3 is 2.51 bits per heavy atom. The molecule has 1 unspecified atom stereocenters. The summed E-state index contributed by atoms with van der Waals surface area (Å²) in [6, 6.07) is 9.51. The molecule has 184 valence electrons. The van der Waals surface area contributed by atoms with Gasteiger partial charge in [0.05, 0.1) is 30.1 Å². The molecule has 0 spiro atoms. The van der Waals surface area contributed by atoms with E-state index in [1.54, 1.807) is 25.8 Å². The van der Waals surface area contributed by atoms with Crippen LogP contribution in [0.3, 0.4) is 0 Å². The van der Waals surface area contributed by atoms with Gasteiger partial charge in [0, 0.05) is 24.9 Å². The van der Waals surface area contributed by atoms with E-state index in [0.717, 1.165) is 11.1 Å². The van der Waals surface area contributed by atoms with E-state index >= 15 is 0 Å². The Bertz CT molecular complexity index is 1430. The van der Waals surface area contributed by atoms with Crippen molar-refractivity contribution in [3.8, 4) is 6.07 Å². The number of anilines is 1. The zero-order valence-electron chi connectivity index (χ0n) is 20.8. The number of pyridine rings is 1. The number of fused-ring (bicyclic) bond motifs is 1. The highest BCUT2D eigenvalue weighted by atomic mass is 31.2. The molecule has 0 bridgehead atoms. The van der Waals surface area contributed by atoms with Crippen molar-refractivity contribution in [2.24, 2.45) is 7.05 Å². The normalized spacial score (nSPS) is 24.0. The van der Waals surface area contributed by atoms with Gasteiger partial charge in [-0.1, -0.05) is 18.2 Å². The highest BCUT2D eigenvalue weighted by Gasteiger charge is 2.42. The summed E-state index contributed by atoms with van der Waals surface area (Å²) in [4.78, 5) is 22.1. The average Bonchev–Trinajstić information content (AvgIpc) is 2.82. The lowest BCUT2D eigenvalue weighted by Gasteiger charge is -2.34. The molecule has 0 amide bonds. The molecule has 7 nitrogen and oxygen atoms in total. The van der Waals surface area contributed by atoms with E-state index in [2.05, 4.69) is 21.4 Å². The first-order valence-corrected chi connectivity index (χ1v) is 14.3. The van der Waals surface area contributed by atoms with Crippen LogP contribution in [0.4, 0.5) is 10.2 Å². The van der Waals surface area contributed by atoms with Gasteiger partial charge in [0.15, 0.2) is 0 Å². The summed E-state index contributed by atoms with van der Waals surface area (Å²) >= 11 is 0. The second-order valence-electron chi connectivity index (χ2n) is 9.86. The Hall–Kier alpha value is -3.04. The predicted octanol–water partition coefficient (Wildman–Crippen LogP) is 5.39. The van der Waals surface area contributed by atoms with E-state index in [9.17, 15) is 19.0 Å². The van der Waals surface area contributed by atoms with E-state index in [0.29, 0.717) is 53.1 Å². The van der Waals surface area contributed by atoms with Gasteiger partial charge in [0.1, 0.15) is 24.0 Å². The van der Waals surface area contributed by atoms with Gasteiger partial charge < -0.3 is 9.88 Å². The molecule has 4 rings (SSSR count). The monoisotopic (exact) mass is 495 g/mol. The lowest BCUT2D eigenvalue weighted by atomic mass is 9.77. The van der Waals surface area contributed by atoms with Gasteiger partial charge in [-0.15, -0.1) is 0 Å². The first-order valence-electron chi connectivity index (χ1n) is 11.8. The first kappa shape index (κ1) is 25.1. The number of benzene rings is 1. The largest absolute Gasteiger partial charge is 0.363 e. The number of alkyl halides is 1. The van der Waals surface area contributed by atoms with Crippen molar-refractivity contribution in [1.29, 1.82) is 5.26 Å². The average molecular weight is 496 g/mol. The summed E-state index contributed by atoms with van der Waals surface area (Å²) in [5.41, 5.74) is 2.06. The molecule has 3 heterocycles. The zero-order valence-corrected chi connectivity index (χ0v) is 21.7. The summed E-state index contributed by atoms with van der Waals surface area (Å²) in [5, 5.41) is 14.2. The third-order valence-corrected chi connectivity index (χ3v) is 9.76. The SMILES string of the molecule is Cc1c(C(C)F)cccc1[C@@H](C)Nc1ncnc2c1cc(C1(C#N)CCP(C)(=O)CC1)c(=O)n2C. The third-order valence-electron chi connectivity index (χ3n) is 7.42. The maximum Gasteiger partial charge on any atom is 0.256 e. The Morgan fingerprint density at radius 2 is 1.89 bits per heavy atom. The number of hydrogen-bond acceptors (Lipinski definition) is 6. The van der Waals surface area contributed by atoms with E-state index in [1.165, 1.54) is 17.8 Å². The van der Waals surface area contributed by atoms with Crippen molar-refractivity contribution in [1.82, 2.24) is 14.5 Å². The van der Waals surface area contributed by atoms with Gasteiger partial charge in [-0.25, -0.2) is 14.4 Å². The van der Waals surface area contributed by atoms with Crippen molar-refractivity contribution in [2.45, 2.75) is 51.2 Å². The molecule has 1 aliphatic rings. The van der Waals surface area contributed by atoms with Crippen LogP contribution in [0.2, 0.25) is 0 Å². The van der Waals surface area contributed by atoms with E-state index in [4.69, 9.17) is 0 Å². The summed E-state index contributed by atoms with van der Waals surface area (Å²) in [7, 11) is -0.635. The minimum atomic E-state index is -2.28. The lowest BCUT2D eigenvalue weighted by molar-refractivity contribution is 0.372. The Labute approximate surface area is 204 Å². The van der Waals surface area contributed by atoms with Crippen LogP contribution < -0.4 is 10.9 Å². The Kier molecular flexibility index (Phi) is 6.59. The van der Waals surface area contributed by atoms with Crippen LogP contribution in [0.25, 0.3) is 11.0 Å². The topological polar surface area (TPSA) is 101 Å². The van der Waals surface area contributed by atoms with E-state index < -0.39 is 18.7 Å². The molecule has 2 atom stereocenters. The molecule has 1 N–H and O–H groups in total. The Balaban J connectivity index is 1.81. The van der Waals surface area contributed by atoms with Crippen molar-refractivity contribution in [2.75, 3.05) is 24.3 Å². The van der Waals surface area contributed by atoms with Crippen molar-refractivity contribution in [3.05, 3.63) is 63.2 Å². The zero-order chi connectivity index (χ0) is 25.5. The van der Waals surface area contributed by atoms with Crippen LogP contribution in [0, 0.1) is 18.3 Å². The molecule has 2 aromatic heterocycles. The van der Waals surface area contributed by atoms with Crippen molar-refractivity contribution >= 4 is 24.0 Å².